The lowest BCUT2D eigenvalue weighted by molar-refractivity contribution is 0.0937. The van der Waals surface area contributed by atoms with Gasteiger partial charge in [0.1, 0.15) is 17.2 Å². The summed E-state index contributed by atoms with van der Waals surface area (Å²) in [5, 5.41) is 16.2. The van der Waals surface area contributed by atoms with E-state index in [2.05, 4.69) is 27.6 Å². The third-order valence-electron chi connectivity index (χ3n) is 3.75. The highest BCUT2D eigenvalue weighted by Gasteiger charge is 2.11. The number of rotatable bonds is 6. The topological polar surface area (TPSA) is 99.3 Å². The summed E-state index contributed by atoms with van der Waals surface area (Å²) >= 11 is 0. The predicted octanol–water partition coefficient (Wildman–Crippen LogP) is 2.70. The van der Waals surface area contributed by atoms with Gasteiger partial charge in [-0.15, -0.1) is 0 Å². The van der Waals surface area contributed by atoms with Gasteiger partial charge in [-0.3, -0.25) is 20.7 Å². The summed E-state index contributed by atoms with van der Waals surface area (Å²) in [5.41, 5.74) is 8.35. The molecule has 0 fully saturated rings. The number of H-pyrrole nitrogens is 1. The van der Waals surface area contributed by atoms with Gasteiger partial charge in [0, 0.05) is 5.56 Å². The lowest BCUT2D eigenvalue weighted by atomic mass is 10.1. The molecule has 26 heavy (non-hydrogen) atoms. The first kappa shape index (κ1) is 17.1. The zero-order valence-electron chi connectivity index (χ0n) is 14.1. The van der Waals surface area contributed by atoms with Crippen LogP contribution < -0.4 is 15.6 Å². The highest BCUT2D eigenvalue weighted by molar-refractivity contribution is 5.93. The molecule has 1 aromatic heterocycles. The number of nitrogens with zero attached hydrogens (tertiary/aromatic N) is 1. The summed E-state index contributed by atoms with van der Waals surface area (Å²) in [6.45, 7) is 3.84. The smallest absolute Gasteiger partial charge is 0.287 e. The molecule has 0 aliphatic rings. The lowest BCUT2D eigenvalue weighted by Crippen LogP contribution is -2.36. The first-order valence-electron chi connectivity index (χ1n) is 7.81. The number of ether oxygens (including phenoxy) is 1. The number of phenols is 1. The van der Waals surface area contributed by atoms with Crippen molar-refractivity contribution in [3.63, 3.8) is 0 Å². The molecule has 0 bridgehead atoms. The summed E-state index contributed by atoms with van der Waals surface area (Å²) in [6, 6.07) is 15.5. The number of aromatic hydroxyl groups is 1. The maximum absolute atomic E-state index is 12.2. The second-order valence-electron chi connectivity index (χ2n) is 5.50. The largest absolute Gasteiger partial charge is 0.508 e. The van der Waals surface area contributed by atoms with E-state index < -0.39 is 0 Å². The number of hydrazine groups is 1. The molecule has 132 valence electrons. The molecule has 3 aromatic rings. The summed E-state index contributed by atoms with van der Waals surface area (Å²) in [5.74, 6) is 0.533. The molecule has 0 spiro atoms. The quantitative estimate of drug-likeness (QED) is 0.512. The normalized spacial score (nSPS) is 10.2. The average molecular weight is 350 g/mol. The third-order valence-corrected chi connectivity index (χ3v) is 3.75. The Morgan fingerprint density at radius 1 is 1.12 bits per heavy atom. The predicted molar refractivity (Wildman–Crippen MR) is 98.3 cm³/mol. The van der Waals surface area contributed by atoms with Gasteiger partial charge >= 0.3 is 0 Å². The average Bonchev–Trinajstić information content (AvgIpc) is 3.17. The molecule has 0 aliphatic heterocycles. The van der Waals surface area contributed by atoms with Crippen LogP contribution in [0.15, 0.2) is 61.2 Å². The number of benzene rings is 2. The van der Waals surface area contributed by atoms with E-state index in [-0.39, 0.29) is 11.7 Å². The van der Waals surface area contributed by atoms with Crippen LogP contribution >= 0.6 is 0 Å². The van der Waals surface area contributed by atoms with E-state index in [1.165, 1.54) is 0 Å². The van der Waals surface area contributed by atoms with E-state index in [4.69, 9.17) is 4.74 Å². The van der Waals surface area contributed by atoms with Gasteiger partial charge in [-0.1, -0.05) is 6.58 Å². The number of aromatic nitrogens is 2. The molecule has 3 rings (SSSR count). The van der Waals surface area contributed by atoms with Crippen LogP contribution in [0.3, 0.4) is 0 Å². The van der Waals surface area contributed by atoms with Crippen molar-refractivity contribution in [1.29, 1.82) is 0 Å². The molecule has 2 aromatic carbocycles. The Labute approximate surface area is 150 Å². The van der Waals surface area contributed by atoms with Gasteiger partial charge in [0.25, 0.3) is 5.91 Å². The Balaban J connectivity index is 1.62. The van der Waals surface area contributed by atoms with Gasteiger partial charge in [0.2, 0.25) is 0 Å². The van der Waals surface area contributed by atoms with Gasteiger partial charge < -0.3 is 9.84 Å². The van der Waals surface area contributed by atoms with Gasteiger partial charge in [0.15, 0.2) is 0 Å². The van der Waals surface area contributed by atoms with Crippen molar-refractivity contribution in [1.82, 2.24) is 21.0 Å². The van der Waals surface area contributed by atoms with Crippen molar-refractivity contribution in [2.45, 2.75) is 0 Å². The van der Waals surface area contributed by atoms with Crippen molar-refractivity contribution in [2.24, 2.45) is 0 Å². The molecule has 0 saturated carbocycles. The highest BCUT2D eigenvalue weighted by atomic mass is 16.5. The maximum atomic E-state index is 12.2. The second-order valence-corrected chi connectivity index (χ2v) is 5.50. The fourth-order valence-electron chi connectivity index (χ4n) is 2.28. The number of carbonyl (C=O) groups is 1. The first-order chi connectivity index (χ1) is 12.6. The van der Waals surface area contributed by atoms with Crippen LogP contribution in [0.25, 0.3) is 17.0 Å². The summed E-state index contributed by atoms with van der Waals surface area (Å²) in [7, 11) is 1.60. The fraction of sp³-hybridized carbons (Fsp3) is 0.0526. The maximum Gasteiger partial charge on any atom is 0.287 e. The molecule has 1 heterocycles. The Morgan fingerprint density at radius 3 is 2.46 bits per heavy atom. The zero-order chi connectivity index (χ0) is 18.5. The minimum Gasteiger partial charge on any atom is -0.508 e. The zero-order valence-corrected chi connectivity index (χ0v) is 14.1. The Kier molecular flexibility index (Phi) is 4.89. The molecule has 0 saturated heterocycles. The minimum atomic E-state index is -0.378. The summed E-state index contributed by atoms with van der Waals surface area (Å²) < 4.78 is 5.12. The Morgan fingerprint density at radius 2 is 1.81 bits per heavy atom. The molecule has 7 heteroatoms. The van der Waals surface area contributed by atoms with Crippen LogP contribution in [0.4, 0.5) is 0 Å². The van der Waals surface area contributed by atoms with E-state index in [1.807, 2.05) is 24.3 Å². The van der Waals surface area contributed by atoms with Crippen molar-refractivity contribution < 1.29 is 14.6 Å². The molecular weight excluding hydrogens is 332 g/mol. The summed E-state index contributed by atoms with van der Waals surface area (Å²) in [6.07, 6.45) is 0. The third kappa shape index (κ3) is 3.84. The molecular formula is C19H18N4O3. The number of hydrogen-bond donors (Lipinski definition) is 4. The van der Waals surface area contributed by atoms with Crippen molar-refractivity contribution in [3.8, 4) is 22.8 Å². The van der Waals surface area contributed by atoms with Crippen LogP contribution in [0, 0.1) is 0 Å². The molecule has 0 atom stereocenters. The van der Waals surface area contributed by atoms with Crippen molar-refractivity contribution in [3.05, 3.63) is 72.4 Å². The number of amides is 1. The second kappa shape index (κ2) is 7.43. The number of phenolic OH excluding ortho intramolecular Hbond substituents is 1. The molecule has 0 unspecified atom stereocenters. The number of nitrogens with one attached hydrogen (secondary N) is 3. The molecule has 0 radical (unpaired) electrons. The Bertz CT molecular complexity index is 915. The van der Waals surface area contributed by atoms with Gasteiger partial charge in [-0.25, -0.2) is 0 Å². The van der Waals surface area contributed by atoms with E-state index >= 15 is 0 Å². The van der Waals surface area contributed by atoms with Gasteiger partial charge in [-0.2, -0.15) is 5.10 Å². The van der Waals surface area contributed by atoms with E-state index in [1.54, 1.807) is 37.4 Å². The standard InChI is InChI=1S/C19H18N4O3/c1-12(13-3-7-15(24)8-4-13)20-23-19(25)18-11-17(21-22-18)14-5-9-16(26-2)10-6-14/h3-11,20,24H,1H2,2H3,(H,21,22)(H,23,25). The molecule has 1 amide bonds. The monoisotopic (exact) mass is 350 g/mol. The number of carbonyl (C=O) groups excluding carboxylic acids is 1. The van der Waals surface area contributed by atoms with Crippen molar-refractivity contribution >= 4 is 11.6 Å². The van der Waals surface area contributed by atoms with E-state index in [9.17, 15) is 9.90 Å². The molecule has 0 aliphatic carbocycles. The van der Waals surface area contributed by atoms with Gasteiger partial charge in [0.05, 0.1) is 18.5 Å². The fourth-order valence-corrected chi connectivity index (χ4v) is 2.28. The molecule has 4 N–H and O–H groups in total. The van der Waals surface area contributed by atoms with E-state index in [0.29, 0.717) is 17.1 Å². The number of hydrogen-bond acceptors (Lipinski definition) is 5. The first-order valence-corrected chi connectivity index (χ1v) is 7.81. The van der Waals surface area contributed by atoms with Crippen LogP contribution in [0.5, 0.6) is 11.5 Å². The highest BCUT2D eigenvalue weighted by Crippen LogP contribution is 2.21. The molecule has 7 nitrogen and oxygen atoms in total. The van der Waals surface area contributed by atoms with Crippen molar-refractivity contribution in [2.75, 3.05) is 7.11 Å². The van der Waals surface area contributed by atoms with E-state index in [0.717, 1.165) is 16.9 Å². The van der Waals surface area contributed by atoms with Crippen LogP contribution in [-0.4, -0.2) is 28.3 Å². The lowest BCUT2D eigenvalue weighted by Gasteiger charge is -2.10. The number of aromatic amines is 1. The summed E-state index contributed by atoms with van der Waals surface area (Å²) in [4.78, 5) is 12.2. The van der Waals surface area contributed by atoms with Crippen LogP contribution in [-0.2, 0) is 0 Å². The SMILES string of the molecule is C=C(NNC(=O)c1cc(-c2ccc(OC)cc2)n[nH]1)c1ccc(O)cc1. The Hall–Kier alpha value is -3.74. The van der Waals surface area contributed by atoms with Crippen LogP contribution in [0.1, 0.15) is 16.1 Å². The minimum absolute atomic E-state index is 0.161. The van der Waals surface area contributed by atoms with Gasteiger partial charge in [-0.05, 0) is 60.2 Å². The van der Waals surface area contributed by atoms with Crippen LogP contribution in [0.2, 0.25) is 0 Å². The number of methoxy groups -OCH3 is 1.